The van der Waals surface area contributed by atoms with Crippen LogP contribution in [0, 0.1) is 5.82 Å². The SMILES string of the molecule is CC(C)(C)c1cc(F)cc2c1N(S(C)(=O)=O)CC2. The minimum atomic E-state index is -3.30. The highest BCUT2D eigenvalue weighted by Gasteiger charge is 2.32. The second kappa shape index (κ2) is 3.95. The first-order chi connectivity index (χ1) is 8.10. The van der Waals surface area contributed by atoms with Gasteiger partial charge in [-0.15, -0.1) is 0 Å². The Hall–Kier alpha value is -1.10. The number of fused-ring (bicyclic) bond motifs is 1. The maximum Gasteiger partial charge on any atom is 0.232 e. The number of halogens is 1. The Balaban J connectivity index is 2.71. The molecule has 1 aliphatic rings. The molecule has 1 aromatic carbocycles. The van der Waals surface area contributed by atoms with E-state index in [0.717, 1.165) is 11.1 Å². The monoisotopic (exact) mass is 271 g/mol. The highest BCUT2D eigenvalue weighted by atomic mass is 32.2. The molecule has 0 aromatic heterocycles. The lowest BCUT2D eigenvalue weighted by Gasteiger charge is -2.27. The van der Waals surface area contributed by atoms with Gasteiger partial charge in [-0.2, -0.15) is 0 Å². The molecule has 5 heteroatoms. The van der Waals surface area contributed by atoms with Crippen molar-refractivity contribution < 1.29 is 12.8 Å². The Kier molecular flexibility index (Phi) is 2.93. The van der Waals surface area contributed by atoms with Crippen LogP contribution in [0.15, 0.2) is 12.1 Å². The van der Waals surface area contributed by atoms with Gasteiger partial charge in [-0.05, 0) is 35.1 Å². The van der Waals surface area contributed by atoms with Crippen molar-refractivity contribution in [2.24, 2.45) is 0 Å². The first-order valence-corrected chi connectivity index (χ1v) is 7.76. The van der Waals surface area contributed by atoms with Crippen LogP contribution in [0.5, 0.6) is 0 Å². The molecule has 0 amide bonds. The average molecular weight is 271 g/mol. The first kappa shape index (κ1) is 13.3. The summed E-state index contributed by atoms with van der Waals surface area (Å²) < 4.78 is 38.6. The van der Waals surface area contributed by atoms with Gasteiger partial charge >= 0.3 is 0 Å². The summed E-state index contributed by atoms with van der Waals surface area (Å²) in [5.74, 6) is -0.297. The topological polar surface area (TPSA) is 37.4 Å². The quantitative estimate of drug-likeness (QED) is 0.786. The molecule has 0 spiro atoms. The van der Waals surface area contributed by atoms with Gasteiger partial charge in [0.1, 0.15) is 5.82 Å². The smallest absolute Gasteiger partial charge is 0.232 e. The van der Waals surface area contributed by atoms with Crippen LogP contribution >= 0.6 is 0 Å². The van der Waals surface area contributed by atoms with E-state index in [9.17, 15) is 12.8 Å². The lowest BCUT2D eigenvalue weighted by molar-refractivity contribution is 0.571. The van der Waals surface area contributed by atoms with Crippen molar-refractivity contribution in [3.05, 3.63) is 29.1 Å². The molecular formula is C13H18FNO2S. The fourth-order valence-corrected chi connectivity index (χ4v) is 3.35. The number of nitrogens with zero attached hydrogens (tertiary/aromatic N) is 1. The number of hydrogen-bond acceptors (Lipinski definition) is 2. The van der Waals surface area contributed by atoms with Crippen molar-refractivity contribution in [2.45, 2.75) is 32.6 Å². The van der Waals surface area contributed by atoms with Crippen molar-refractivity contribution >= 4 is 15.7 Å². The summed E-state index contributed by atoms with van der Waals surface area (Å²) in [6, 6.07) is 2.89. The predicted molar refractivity (Wildman–Crippen MR) is 71.0 cm³/mol. The molecule has 1 aromatic rings. The Bertz CT molecular complexity index is 588. The number of anilines is 1. The number of sulfonamides is 1. The van der Waals surface area contributed by atoms with Crippen LogP contribution in [0.4, 0.5) is 10.1 Å². The third-order valence-corrected chi connectivity index (χ3v) is 4.36. The predicted octanol–water partition coefficient (Wildman–Crippen LogP) is 2.45. The largest absolute Gasteiger partial charge is 0.270 e. The molecule has 0 saturated heterocycles. The molecule has 100 valence electrons. The van der Waals surface area contributed by atoms with Crippen molar-refractivity contribution in [1.82, 2.24) is 0 Å². The molecule has 0 aliphatic carbocycles. The number of hydrogen-bond donors (Lipinski definition) is 0. The molecule has 0 unspecified atom stereocenters. The summed E-state index contributed by atoms with van der Waals surface area (Å²) in [5, 5.41) is 0. The van der Waals surface area contributed by atoms with Gasteiger partial charge < -0.3 is 0 Å². The third-order valence-electron chi connectivity index (χ3n) is 3.20. The highest BCUT2D eigenvalue weighted by molar-refractivity contribution is 7.92. The molecule has 2 rings (SSSR count). The van der Waals surface area contributed by atoms with Crippen LogP contribution < -0.4 is 4.31 Å². The van der Waals surface area contributed by atoms with Crippen LogP contribution in [0.3, 0.4) is 0 Å². The Morgan fingerprint density at radius 1 is 1.28 bits per heavy atom. The average Bonchev–Trinajstić information content (AvgIpc) is 2.57. The first-order valence-electron chi connectivity index (χ1n) is 5.91. The molecule has 1 heterocycles. The van der Waals surface area contributed by atoms with E-state index < -0.39 is 10.0 Å². The minimum Gasteiger partial charge on any atom is -0.270 e. The Morgan fingerprint density at radius 2 is 1.89 bits per heavy atom. The van der Waals surface area contributed by atoms with Crippen LogP contribution in [0.2, 0.25) is 0 Å². The Morgan fingerprint density at radius 3 is 2.39 bits per heavy atom. The molecule has 0 saturated carbocycles. The van der Waals surface area contributed by atoms with E-state index in [2.05, 4.69) is 0 Å². The second-order valence-corrected chi connectivity index (χ2v) is 7.70. The van der Waals surface area contributed by atoms with E-state index >= 15 is 0 Å². The lowest BCUT2D eigenvalue weighted by atomic mass is 9.84. The van der Waals surface area contributed by atoms with E-state index in [1.165, 1.54) is 22.7 Å². The number of benzene rings is 1. The number of rotatable bonds is 1. The zero-order valence-electron chi connectivity index (χ0n) is 11.1. The van der Waals surface area contributed by atoms with Gasteiger partial charge in [0.15, 0.2) is 0 Å². The molecule has 3 nitrogen and oxygen atoms in total. The van der Waals surface area contributed by atoms with E-state index in [1.54, 1.807) is 0 Å². The third kappa shape index (κ3) is 2.23. The van der Waals surface area contributed by atoms with Gasteiger partial charge in [-0.25, -0.2) is 12.8 Å². The lowest BCUT2D eigenvalue weighted by Crippen LogP contribution is -2.30. The van der Waals surface area contributed by atoms with E-state index in [4.69, 9.17) is 0 Å². The minimum absolute atomic E-state index is 0.292. The summed E-state index contributed by atoms with van der Waals surface area (Å²) in [6.45, 7) is 6.28. The molecule has 0 bridgehead atoms. The molecule has 0 atom stereocenters. The van der Waals surface area contributed by atoms with Gasteiger partial charge in [-0.1, -0.05) is 20.8 Å². The van der Waals surface area contributed by atoms with Crippen molar-refractivity contribution in [3.8, 4) is 0 Å². The zero-order valence-corrected chi connectivity index (χ0v) is 11.9. The van der Waals surface area contributed by atoms with Gasteiger partial charge in [0, 0.05) is 6.54 Å². The van der Waals surface area contributed by atoms with Gasteiger partial charge in [-0.3, -0.25) is 4.31 Å². The van der Waals surface area contributed by atoms with E-state index in [1.807, 2.05) is 20.8 Å². The Labute approximate surface area is 108 Å². The molecular weight excluding hydrogens is 253 g/mol. The molecule has 1 aliphatic heterocycles. The molecule has 0 N–H and O–H groups in total. The van der Waals surface area contributed by atoms with Crippen LogP contribution in [0.25, 0.3) is 0 Å². The summed E-state index contributed by atoms with van der Waals surface area (Å²) >= 11 is 0. The van der Waals surface area contributed by atoms with Crippen LogP contribution in [0.1, 0.15) is 31.9 Å². The van der Waals surface area contributed by atoms with E-state index in [0.29, 0.717) is 18.7 Å². The normalized spacial score (nSPS) is 15.9. The summed E-state index contributed by atoms with van der Waals surface area (Å²) in [5.41, 5.74) is 1.91. The van der Waals surface area contributed by atoms with Gasteiger partial charge in [0.05, 0.1) is 11.9 Å². The molecule has 0 radical (unpaired) electrons. The maximum atomic E-state index is 13.6. The highest BCUT2D eigenvalue weighted by Crippen LogP contribution is 2.40. The summed E-state index contributed by atoms with van der Waals surface area (Å²) in [4.78, 5) is 0. The molecule has 0 fully saturated rings. The molecule has 18 heavy (non-hydrogen) atoms. The standard InChI is InChI=1S/C13H18FNO2S/c1-13(2,3)11-8-10(14)7-9-5-6-15(12(9)11)18(4,16)17/h7-8H,5-6H2,1-4H3. The maximum absolute atomic E-state index is 13.6. The summed E-state index contributed by atoms with van der Waals surface area (Å²) in [7, 11) is -3.30. The summed E-state index contributed by atoms with van der Waals surface area (Å²) in [6.07, 6.45) is 1.77. The van der Waals surface area contributed by atoms with Gasteiger partial charge in [0.25, 0.3) is 0 Å². The second-order valence-electron chi connectivity index (χ2n) is 5.80. The fourth-order valence-electron chi connectivity index (χ4n) is 2.38. The van der Waals surface area contributed by atoms with Crippen molar-refractivity contribution in [1.29, 1.82) is 0 Å². The zero-order chi connectivity index (χ0) is 13.7. The van der Waals surface area contributed by atoms with Crippen LogP contribution in [-0.2, 0) is 21.9 Å². The van der Waals surface area contributed by atoms with Crippen LogP contribution in [-0.4, -0.2) is 21.2 Å². The van der Waals surface area contributed by atoms with E-state index in [-0.39, 0.29) is 11.2 Å². The van der Waals surface area contributed by atoms with Crippen molar-refractivity contribution in [3.63, 3.8) is 0 Å². The van der Waals surface area contributed by atoms with Crippen molar-refractivity contribution in [2.75, 3.05) is 17.1 Å². The fraction of sp³-hybridized carbons (Fsp3) is 0.538. The van der Waals surface area contributed by atoms with Gasteiger partial charge in [0.2, 0.25) is 10.0 Å².